The second-order valence-corrected chi connectivity index (χ2v) is 13.6. The standard InChI is InChI=1S/C34H37NO13/c1-18(36)44-26-24-25(46-28(38)19-7-8-23(37)35(6)15-19)27(47-30(40)21-11-14-43-17-21)33(5)22(45-29(39)20-10-13-42-16-20)9-12-32(4,41)34(26,33)48-31(24,2)3/h7-8,10-11,13-17,22,24-27,41H,9,12H2,1-6H3. The number of furan rings is 2. The first-order valence-electron chi connectivity index (χ1n) is 15.5. The minimum absolute atomic E-state index is 0.0123. The van der Waals surface area contributed by atoms with Crippen molar-refractivity contribution in [1.29, 1.82) is 0 Å². The van der Waals surface area contributed by atoms with Crippen LogP contribution >= 0.6 is 0 Å². The summed E-state index contributed by atoms with van der Waals surface area (Å²) in [7, 11) is 1.47. The third kappa shape index (κ3) is 4.96. The number of esters is 4. The molecule has 2 saturated carbocycles. The number of fused-ring (bicyclic) bond motifs is 1. The number of pyridine rings is 1. The minimum atomic E-state index is -1.87. The second kappa shape index (κ2) is 11.5. The van der Waals surface area contributed by atoms with Gasteiger partial charge in [-0.2, -0.15) is 0 Å². The van der Waals surface area contributed by atoms with Gasteiger partial charge < -0.3 is 42.2 Å². The van der Waals surface area contributed by atoms with Crippen LogP contribution in [0, 0.1) is 11.3 Å². The molecule has 0 radical (unpaired) electrons. The molecule has 3 fully saturated rings. The zero-order valence-corrected chi connectivity index (χ0v) is 27.3. The lowest BCUT2D eigenvalue weighted by atomic mass is 9.47. The van der Waals surface area contributed by atoms with Gasteiger partial charge >= 0.3 is 23.9 Å². The van der Waals surface area contributed by atoms with E-state index in [4.69, 9.17) is 32.5 Å². The van der Waals surface area contributed by atoms with E-state index in [1.807, 2.05) is 0 Å². The van der Waals surface area contributed by atoms with Crippen molar-refractivity contribution >= 4 is 23.9 Å². The molecule has 0 amide bonds. The van der Waals surface area contributed by atoms with Gasteiger partial charge in [-0.05, 0) is 58.7 Å². The van der Waals surface area contributed by atoms with Crippen molar-refractivity contribution in [2.75, 3.05) is 0 Å². The molecule has 2 aliphatic carbocycles. The Bertz CT molecular complexity index is 1790. The van der Waals surface area contributed by atoms with Crippen molar-refractivity contribution in [2.24, 2.45) is 18.4 Å². The molecule has 8 atom stereocenters. The number of aryl methyl sites for hydroxylation is 1. The van der Waals surface area contributed by atoms with Gasteiger partial charge in [-0.1, -0.05) is 0 Å². The topological polar surface area (TPSA) is 183 Å². The average molecular weight is 668 g/mol. The fourth-order valence-corrected chi connectivity index (χ4v) is 8.09. The smallest absolute Gasteiger partial charge is 0.341 e. The van der Waals surface area contributed by atoms with Gasteiger partial charge in [0, 0.05) is 26.2 Å². The molecule has 0 aromatic carbocycles. The van der Waals surface area contributed by atoms with Crippen LogP contribution in [-0.2, 0) is 35.5 Å². The first-order chi connectivity index (χ1) is 22.5. The lowest BCUT2D eigenvalue weighted by molar-refractivity contribution is -0.334. The highest BCUT2D eigenvalue weighted by atomic mass is 16.6. The number of carbonyl (C=O) groups is 4. The summed E-state index contributed by atoms with van der Waals surface area (Å²) < 4.78 is 42.9. The van der Waals surface area contributed by atoms with E-state index in [2.05, 4.69) is 0 Å². The number of carbonyl (C=O) groups excluding carboxylic acids is 4. The molecule has 1 aliphatic heterocycles. The molecule has 1 spiro atoms. The summed E-state index contributed by atoms with van der Waals surface area (Å²) in [6.07, 6.45) is 1.03. The van der Waals surface area contributed by atoms with E-state index in [0.29, 0.717) is 0 Å². The van der Waals surface area contributed by atoms with Gasteiger partial charge in [0.1, 0.15) is 36.4 Å². The van der Waals surface area contributed by atoms with Crippen molar-refractivity contribution in [3.05, 3.63) is 82.6 Å². The minimum Gasteiger partial charge on any atom is -0.472 e. The highest BCUT2D eigenvalue weighted by Gasteiger charge is 2.85. The van der Waals surface area contributed by atoms with Gasteiger partial charge in [-0.15, -0.1) is 0 Å². The molecule has 6 rings (SSSR count). The molecule has 4 heterocycles. The van der Waals surface area contributed by atoms with Crippen LogP contribution in [0.1, 0.15) is 78.5 Å². The summed E-state index contributed by atoms with van der Waals surface area (Å²) in [6.45, 7) is 7.70. The summed E-state index contributed by atoms with van der Waals surface area (Å²) in [5, 5.41) is 12.3. The van der Waals surface area contributed by atoms with Crippen molar-refractivity contribution < 1.29 is 56.8 Å². The SMILES string of the molecule is CC(=O)OC1C2C(OC(=O)c3ccc(=O)n(C)c3)C(OC(=O)c3ccoc3)C3(C)C(OC(=O)c4ccoc4)CCC(C)(O)C13OC2(C)C. The maximum absolute atomic E-state index is 13.9. The van der Waals surface area contributed by atoms with Crippen molar-refractivity contribution in [3.63, 3.8) is 0 Å². The lowest BCUT2D eigenvalue weighted by Crippen LogP contribution is -2.81. The third-order valence-corrected chi connectivity index (χ3v) is 10.2. The Hall–Kier alpha value is -4.69. The van der Waals surface area contributed by atoms with E-state index in [-0.39, 0.29) is 35.1 Å². The Balaban J connectivity index is 1.57. The van der Waals surface area contributed by atoms with Crippen molar-refractivity contribution in [2.45, 2.75) is 88.7 Å². The molecular formula is C34H37NO13. The van der Waals surface area contributed by atoms with Gasteiger partial charge in [0.2, 0.25) is 5.56 Å². The Morgan fingerprint density at radius 2 is 1.44 bits per heavy atom. The zero-order valence-electron chi connectivity index (χ0n) is 27.3. The maximum atomic E-state index is 13.9. The van der Waals surface area contributed by atoms with E-state index in [1.54, 1.807) is 20.8 Å². The number of nitrogens with zero attached hydrogens (tertiary/aromatic N) is 1. The van der Waals surface area contributed by atoms with Gasteiger partial charge in [-0.25, -0.2) is 14.4 Å². The molecule has 256 valence electrons. The molecule has 14 heteroatoms. The molecule has 14 nitrogen and oxygen atoms in total. The Kier molecular flexibility index (Phi) is 7.94. The second-order valence-electron chi connectivity index (χ2n) is 13.6. The number of rotatable bonds is 7. The molecule has 2 bridgehead atoms. The summed E-state index contributed by atoms with van der Waals surface area (Å²) in [4.78, 5) is 65.9. The van der Waals surface area contributed by atoms with E-state index in [0.717, 1.165) is 0 Å². The first kappa shape index (κ1) is 33.2. The summed E-state index contributed by atoms with van der Waals surface area (Å²) in [6, 6.07) is 5.31. The van der Waals surface area contributed by atoms with Gasteiger partial charge in [0.25, 0.3) is 0 Å². The van der Waals surface area contributed by atoms with Gasteiger partial charge in [0.05, 0.1) is 51.8 Å². The van der Waals surface area contributed by atoms with Crippen LogP contribution in [0.4, 0.5) is 0 Å². The van der Waals surface area contributed by atoms with Gasteiger partial charge in [0.15, 0.2) is 6.10 Å². The molecule has 1 saturated heterocycles. The largest absolute Gasteiger partial charge is 0.472 e. The molecule has 3 aromatic rings. The van der Waals surface area contributed by atoms with E-state index in [1.165, 1.54) is 81.0 Å². The van der Waals surface area contributed by atoms with E-state index >= 15 is 0 Å². The Morgan fingerprint density at radius 3 is 2.00 bits per heavy atom. The third-order valence-electron chi connectivity index (χ3n) is 10.2. The quantitative estimate of drug-likeness (QED) is 0.287. The lowest BCUT2D eigenvalue weighted by Gasteiger charge is -2.65. The number of hydrogen-bond acceptors (Lipinski definition) is 13. The summed E-state index contributed by atoms with van der Waals surface area (Å²) in [5.41, 5.74) is -6.88. The van der Waals surface area contributed by atoms with Crippen molar-refractivity contribution in [1.82, 2.24) is 4.57 Å². The summed E-state index contributed by atoms with van der Waals surface area (Å²) >= 11 is 0. The predicted molar refractivity (Wildman–Crippen MR) is 162 cm³/mol. The van der Waals surface area contributed by atoms with Crippen LogP contribution in [-0.4, -0.2) is 74.8 Å². The molecule has 3 aromatic heterocycles. The van der Waals surface area contributed by atoms with Crippen LogP contribution in [0.15, 0.2) is 69.1 Å². The Labute approximate surface area is 274 Å². The molecule has 3 aliphatic rings. The van der Waals surface area contributed by atoms with Crippen LogP contribution in [0.25, 0.3) is 0 Å². The number of aromatic nitrogens is 1. The van der Waals surface area contributed by atoms with Crippen LogP contribution < -0.4 is 5.56 Å². The molecule has 48 heavy (non-hydrogen) atoms. The molecular weight excluding hydrogens is 630 g/mol. The van der Waals surface area contributed by atoms with E-state index < -0.39 is 76.4 Å². The number of aliphatic hydroxyl groups is 1. The highest BCUT2D eigenvalue weighted by Crippen LogP contribution is 2.69. The van der Waals surface area contributed by atoms with Crippen LogP contribution in [0.2, 0.25) is 0 Å². The monoisotopic (exact) mass is 667 g/mol. The maximum Gasteiger partial charge on any atom is 0.341 e. The number of ether oxygens (including phenoxy) is 5. The number of hydrogen-bond donors (Lipinski definition) is 1. The fourth-order valence-electron chi connectivity index (χ4n) is 8.09. The predicted octanol–water partition coefficient (Wildman–Crippen LogP) is 3.21. The van der Waals surface area contributed by atoms with E-state index in [9.17, 15) is 29.1 Å². The average Bonchev–Trinajstić information content (AvgIpc) is 3.77. The summed E-state index contributed by atoms with van der Waals surface area (Å²) in [5.74, 6) is -4.24. The van der Waals surface area contributed by atoms with Crippen molar-refractivity contribution in [3.8, 4) is 0 Å². The zero-order chi connectivity index (χ0) is 34.8. The Morgan fingerprint density at radius 1 is 0.833 bits per heavy atom. The fraction of sp³-hybridized carbons (Fsp3) is 0.500. The van der Waals surface area contributed by atoms with Crippen LogP contribution in [0.5, 0.6) is 0 Å². The van der Waals surface area contributed by atoms with Crippen LogP contribution in [0.3, 0.4) is 0 Å². The molecule has 1 N–H and O–H groups in total. The first-order valence-corrected chi connectivity index (χ1v) is 15.5. The van der Waals surface area contributed by atoms with Gasteiger partial charge in [-0.3, -0.25) is 9.59 Å². The highest BCUT2D eigenvalue weighted by molar-refractivity contribution is 5.90. The molecule has 8 unspecified atom stereocenters. The normalized spacial score (nSPS) is 33.3.